The molecule has 2 N–H and O–H groups in total. The second kappa shape index (κ2) is 6.43. The van der Waals surface area contributed by atoms with E-state index in [0.29, 0.717) is 5.56 Å². The largest absolute Gasteiger partial charge is 0.508 e. The predicted molar refractivity (Wildman–Crippen MR) is 70.3 cm³/mol. The number of benzene rings is 1. The lowest BCUT2D eigenvalue weighted by Crippen LogP contribution is -2.33. The Hall–Kier alpha value is -1.31. The Morgan fingerprint density at radius 3 is 2.82 bits per heavy atom. The number of carbonyl (C=O) groups is 2. The summed E-state index contributed by atoms with van der Waals surface area (Å²) < 4.78 is 4.10. The summed E-state index contributed by atoms with van der Waals surface area (Å²) in [5.74, 6) is -0.704. The summed E-state index contributed by atoms with van der Waals surface area (Å²) in [4.78, 5) is 22.7. The molecule has 1 amide bonds. The van der Waals surface area contributed by atoms with Gasteiger partial charge in [0.2, 0.25) is 0 Å². The van der Waals surface area contributed by atoms with E-state index in [2.05, 4.69) is 10.1 Å². The quantitative estimate of drug-likeness (QED) is 0.485. The molecule has 1 rings (SSSR count). The molecule has 0 aliphatic rings. The van der Waals surface area contributed by atoms with Crippen molar-refractivity contribution in [1.82, 2.24) is 5.32 Å². The first-order valence-electron chi connectivity index (χ1n) is 4.83. The van der Waals surface area contributed by atoms with Crippen LogP contribution < -0.4 is 5.32 Å². The molecule has 0 saturated heterocycles. The summed E-state index contributed by atoms with van der Waals surface area (Å²) in [6.45, 7) is 0.182. The number of methoxy groups -OCH3 is 1. The number of amides is 1. The molecule has 6 heteroatoms. The molecule has 0 aliphatic carbocycles. The van der Waals surface area contributed by atoms with Crippen LogP contribution in [-0.4, -0.2) is 34.6 Å². The lowest BCUT2D eigenvalue weighted by Gasteiger charge is -2.09. The van der Waals surface area contributed by atoms with Gasteiger partial charge in [0.05, 0.1) is 7.11 Å². The normalized spacial score (nSPS) is 11.6. The Labute approximate surface area is 112 Å². The topological polar surface area (TPSA) is 75.6 Å². The Bertz CT molecular complexity index is 422. The minimum Gasteiger partial charge on any atom is -0.508 e. The van der Waals surface area contributed by atoms with Crippen LogP contribution in [0.3, 0.4) is 0 Å². The van der Waals surface area contributed by atoms with Gasteiger partial charge in [0.25, 0.3) is 5.91 Å². The second-order valence-corrected chi connectivity index (χ2v) is 4.75. The zero-order chi connectivity index (χ0) is 12.8. The van der Waals surface area contributed by atoms with Crippen LogP contribution in [0.25, 0.3) is 0 Å². The SMILES string of the molecule is COC(=O)C(I)CNC(=O)c1cccc(O)c1. The van der Waals surface area contributed by atoms with Gasteiger partial charge in [0.15, 0.2) is 0 Å². The van der Waals surface area contributed by atoms with E-state index in [1.165, 1.54) is 19.2 Å². The van der Waals surface area contributed by atoms with Gasteiger partial charge in [-0.2, -0.15) is 0 Å². The van der Waals surface area contributed by atoms with E-state index in [0.717, 1.165) is 0 Å². The second-order valence-electron chi connectivity index (χ2n) is 3.25. The van der Waals surface area contributed by atoms with Crippen molar-refractivity contribution in [3.05, 3.63) is 29.8 Å². The number of hydrogen-bond acceptors (Lipinski definition) is 4. The first-order valence-corrected chi connectivity index (χ1v) is 6.08. The molecular formula is C11H12INO4. The molecule has 1 aromatic carbocycles. The fourth-order valence-electron chi connectivity index (χ4n) is 1.14. The van der Waals surface area contributed by atoms with Gasteiger partial charge in [-0.05, 0) is 18.2 Å². The van der Waals surface area contributed by atoms with Gasteiger partial charge in [-0.15, -0.1) is 0 Å². The zero-order valence-electron chi connectivity index (χ0n) is 9.14. The van der Waals surface area contributed by atoms with Gasteiger partial charge >= 0.3 is 5.97 Å². The third-order valence-corrected chi connectivity index (χ3v) is 2.96. The number of ether oxygens (including phenoxy) is 1. The fraction of sp³-hybridized carbons (Fsp3) is 0.273. The van der Waals surface area contributed by atoms with Crippen molar-refractivity contribution in [1.29, 1.82) is 0 Å². The Morgan fingerprint density at radius 2 is 2.24 bits per heavy atom. The average molecular weight is 349 g/mol. The molecule has 92 valence electrons. The lowest BCUT2D eigenvalue weighted by molar-refractivity contribution is -0.139. The first kappa shape index (κ1) is 13.8. The van der Waals surface area contributed by atoms with E-state index < -0.39 is 3.92 Å². The summed E-state index contributed by atoms with van der Waals surface area (Å²) in [5, 5.41) is 11.8. The third-order valence-electron chi connectivity index (χ3n) is 2.01. The van der Waals surface area contributed by atoms with Crippen LogP contribution in [0.5, 0.6) is 5.75 Å². The molecule has 0 aliphatic heterocycles. The van der Waals surface area contributed by atoms with Crippen LogP contribution in [0, 0.1) is 0 Å². The van der Waals surface area contributed by atoms with Crippen molar-refractivity contribution in [2.75, 3.05) is 13.7 Å². The van der Waals surface area contributed by atoms with Crippen LogP contribution in [0.2, 0.25) is 0 Å². The highest BCUT2D eigenvalue weighted by molar-refractivity contribution is 14.1. The van der Waals surface area contributed by atoms with E-state index in [1.54, 1.807) is 12.1 Å². The van der Waals surface area contributed by atoms with Gasteiger partial charge in [-0.3, -0.25) is 9.59 Å². The summed E-state index contributed by atoms with van der Waals surface area (Å²) in [5.41, 5.74) is 0.346. The summed E-state index contributed by atoms with van der Waals surface area (Å²) in [6, 6.07) is 5.99. The van der Waals surface area contributed by atoms with Crippen molar-refractivity contribution < 1.29 is 19.4 Å². The number of hydrogen-bond donors (Lipinski definition) is 2. The molecule has 0 spiro atoms. The van der Waals surface area contributed by atoms with Crippen LogP contribution in [0.4, 0.5) is 0 Å². The number of alkyl halides is 1. The van der Waals surface area contributed by atoms with Crippen molar-refractivity contribution in [2.24, 2.45) is 0 Å². The van der Waals surface area contributed by atoms with Crippen molar-refractivity contribution in [3.63, 3.8) is 0 Å². The van der Waals surface area contributed by atoms with Gasteiger partial charge in [0.1, 0.15) is 9.67 Å². The standard InChI is InChI=1S/C11H12INO4/c1-17-11(16)9(12)6-13-10(15)7-3-2-4-8(14)5-7/h2-5,9,14H,6H2,1H3,(H,13,15). The predicted octanol–water partition coefficient (Wildman–Crippen LogP) is 1.10. The van der Waals surface area contributed by atoms with Crippen molar-refractivity contribution in [3.8, 4) is 5.75 Å². The van der Waals surface area contributed by atoms with Crippen molar-refractivity contribution in [2.45, 2.75) is 3.92 Å². The highest BCUT2D eigenvalue weighted by atomic mass is 127. The monoisotopic (exact) mass is 349 g/mol. The minimum atomic E-state index is -0.432. The highest BCUT2D eigenvalue weighted by Gasteiger charge is 2.16. The first-order chi connectivity index (χ1) is 8.04. The molecule has 0 radical (unpaired) electrons. The number of aromatic hydroxyl groups is 1. The number of nitrogens with one attached hydrogen (secondary N) is 1. The summed E-state index contributed by atoms with van der Waals surface area (Å²) in [7, 11) is 1.30. The lowest BCUT2D eigenvalue weighted by atomic mass is 10.2. The molecule has 0 heterocycles. The summed E-state index contributed by atoms with van der Waals surface area (Å²) in [6.07, 6.45) is 0. The third kappa shape index (κ3) is 4.22. The smallest absolute Gasteiger partial charge is 0.320 e. The Morgan fingerprint density at radius 1 is 1.53 bits per heavy atom. The maximum atomic E-state index is 11.6. The number of phenols is 1. The minimum absolute atomic E-state index is 0.0247. The van der Waals surface area contributed by atoms with E-state index in [9.17, 15) is 14.7 Å². The number of rotatable bonds is 4. The average Bonchev–Trinajstić information content (AvgIpc) is 2.34. The van der Waals surface area contributed by atoms with Crippen LogP contribution >= 0.6 is 22.6 Å². The number of halogens is 1. The van der Waals surface area contributed by atoms with Gasteiger partial charge in [0, 0.05) is 12.1 Å². The number of phenolic OH excluding ortho intramolecular Hbond substituents is 1. The highest BCUT2D eigenvalue weighted by Crippen LogP contribution is 2.10. The van der Waals surface area contributed by atoms with Crippen LogP contribution in [-0.2, 0) is 9.53 Å². The fourth-order valence-corrected chi connectivity index (χ4v) is 1.62. The zero-order valence-corrected chi connectivity index (χ0v) is 11.3. The molecule has 1 unspecified atom stereocenters. The number of carbonyl (C=O) groups excluding carboxylic acids is 2. The molecule has 17 heavy (non-hydrogen) atoms. The van der Waals surface area contributed by atoms with Crippen LogP contribution in [0.1, 0.15) is 10.4 Å². The van der Waals surface area contributed by atoms with Gasteiger partial charge < -0.3 is 15.2 Å². The molecule has 1 aromatic rings. The maximum Gasteiger partial charge on any atom is 0.320 e. The van der Waals surface area contributed by atoms with E-state index in [-0.39, 0.29) is 24.2 Å². The Balaban J connectivity index is 2.53. The molecular weight excluding hydrogens is 337 g/mol. The van der Waals surface area contributed by atoms with Crippen molar-refractivity contribution >= 4 is 34.5 Å². The van der Waals surface area contributed by atoms with Gasteiger partial charge in [-0.1, -0.05) is 28.7 Å². The Kier molecular flexibility index (Phi) is 5.20. The number of esters is 1. The van der Waals surface area contributed by atoms with Gasteiger partial charge in [-0.25, -0.2) is 0 Å². The van der Waals surface area contributed by atoms with E-state index in [1.807, 2.05) is 22.6 Å². The molecule has 1 atom stereocenters. The summed E-state index contributed by atoms with van der Waals surface area (Å²) >= 11 is 1.89. The van der Waals surface area contributed by atoms with E-state index >= 15 is 0 Å². The molecule has 0 aromatic heterocycles. The maximum absolute atomic E-state index is 11.6. The van der Waals surface area contributed by atoms with E-state index in [4.69, 9.17) is 0 Å². The van der Waals surface area contributed by atoms with Crippen LogP contribution in [0.15, 0.2) is 24.3 Å². The molecule has 0 bridgehead atoms. The molecule has 0 fully saturated rings. The molecule has 5 nitrogen and oxygen atoms in total. The molecule has 0 saturated carbocycles.